The van der Waals surface area contributed by atoms with Gasteiger partial charge in [-0.1, -0.05) is 0 Å². The SMILES string of the molecule is CNCC(C)OCCOc1ccc(OC)cc1. The van der Waals surface area contributed by atoms with Gasteiger partial charge < -0.3 is 19.5 Å². The van der Waals surface area contributed by atoms with E-state index in [2.05, 4.69) is 5.32 Å². The molecule has 1 rings (SSSR count). The highest BCUT2D eigenvalue weighted by Crippen LogP contribution is 2.16. The van der Waals surface area contributed by atoms with Crippen LogP contribution in [0, 0.1) is 0 Å². The predicted octanol–water partition coefficient (Wildman–Crippen LogP) is 1.70. The lowest BCUT2D eigenvalue weighted by molar-refractivity contribution is 0.0458. The highest BCUT2D eigenvalue weighted by atomic mass is 16.5. The highest BCUT2D eigenvalue weighted by Gasteiger charge is 2.00. The van der Waals surface area contributed by atoms with Crippen LogP contribution in [0.4, 0.5) is 0 Å². The first-order valence-electron chi connectivity index (χ1n) is 5.79. The molecule has 1 aromatic rings. The zero-order valence-corrected chi connectivity index (χ0v) is 10.7. The number of hydrogen-bond acceptors (Lipinski definition) is 4. The smallest absolute Gasteiger partial charge is 0.119 e. The van der Waals surface area contributed by atoms with Gasteiger partial charge in [0.1, 0.15) is 18.1 Å². The average molecular weight is 239 g/mol. The largest absolute Gasteiger partial charge is 0.497 e. The predicted molar refractivity (Wildman–Crippen MR) is 67.8 cm³/mol. The molecule has 1 aromatic carbocycles. The standard InChI is InChI=1S/C13H21NO3/c1-11(10-14-2)16-8-9-17-13-6-4-12(15-3)5-7-13/h4-7,11,14H,8-10H2,1-3H3. The molecule has 0 saturated heterocycles. The molecular formula is C13H21NO3. The fraction of sp³-hybridized carbons (Fsp3) is 0.538. The number of ether oxygens (including phenoxy) is 3. The summed E-state index contributed by atoms with van der Waals surface area (Å²) >= 11 is 0. The number of nitrogens with one attached hydrogen (secondary N) is 1. The molecule has 4 nitrogen and oxygen atoms in total. The van der Waals surface area contributed by atoms with Crippen LogP contribution in [0.3, 0.4) is 0 Å². The van der Waals surface area contributed by atoms with Crippen molar-refractivity contribution in [3.63, 3.8) is 0 Å². The van der Waals surface area contributed by atoms with Crippen molar-refractivity contribution in [1.29, 1.82) is 0 Å². The van der Waals surface area contributed by atoms with E-state index in [9.17, 15) is 0 Å². The van der Waals surface area contributed by atoms with Gasteiger partial charge in [0, 0.05) is 6.54 Å². The van der Waals surface area contributed by atoms with Crippen LogP contribution < -0.4 is 14.8 Å². The molecule has 1 atom stereocenters. The molecule has 0 aromatic heterocycles. The fourth-order valence-electron chi connectivity index (χ4n) is 1.43. The fourth-order valence-corrected chi connectivity index (χ4v) is 1.43. The Hall–Kier alpha value is -1.26. The quantitative estimate of drug-likeness (QED) is 0.701. The Labute approximate surface area is 103 Å². The van der Waals surface area contributed by atoms with E-state index in [1.807, 2.05) is 38.2 Å². The van der Waals surface area contributed by atoms with Crippen molar-refractivity contribution in [2.24, 2.45) is 0 Å². The second-order valence-electron chi connectivity index (χ2n) is 3.76. The van der Waals surface area contributed by atoms with Gasteiger partial charge in [0.25, 0.3) is 0 Å². The van der Waals surface area contributed by atoms with Crippen LogP contribution in [0.15, 0.2) is 24.3 Å². The number of hydrogen-bond donors (Lipinski definition) is 1. The van der Waals surface area contributed by atoms with Crippen molar-refractivity contribution >= 4 is 0 Å². The number of methoxy groups -OCH3 is 1. The number of rotatable bonds is 8. The van der Waals surface area contributed by atoms with Crippen molar-refractivity contribution < 1.29 is 14.2 Å². The number of likely N-dealkylation sites (N-methyl/N-ethyl adjacent to an activating group) is 1. The second-order valence-corrected chi connectivity index (χ2v) is 3.76. The van der Waals surface area contributed by atoms with E-state index >= 15 is 0 Å². The zero-order valence-electron chi connectivity index (χ0n) is 10.7. The van der Waals surface area contributed by atoms with Gasteiger partial charge in [-0.2, -0.15) is 0 Å². The van der Waals surface area contributed by atoms with E-state index in [0.29, 0.717) is 13.2 Å². The van der Waals surface area contributed by atoms with Crippen molar-refractivity contribution in [3.8, 4) is 11.5 Å². The molecule has 0 saturated carbocycles. The summed E-state index contributed by atoms with van der Waals surface area (Å²) in [6.45, 7) is 4.03. The first-order chi connectivity index (χ1) is 8.26. The molecule has 1 N–H and O–H groups in total. The number of benzene rings is 1. The maximum Gasteiger partial charge on any atom is 0.119 e. The summed E-state index contributed by atoms with van der Waals surface area (Å²) < 4.78 is 16.1. The van der Waals surface area contributed by atoms with Crippen LogP contribution in [0.25, 0.3) is 0 Å². The third-order valence-electron chi connectivity index (χ3n) is 2.31. The van der Waals surface area contributed by atoms with E-state index in [1.165, 1.54) is 0 Å². The van der Waals surface area contributed by atoms with Gasteiger partial charge in [-0.05, 0) is 38.2 Å². The Morgan fingerprint density at radius 1 is 1.12 bits per heavy atom. The summed E-state index contributed by atoms with van der Waals surface area (Å²) in [6.07, 6.45) is 0.208. The molecule has 17 heavy (non-hydrogen) atoms. The van der Waals surface area contributed by atoms with Gasteiger partial charge in [-0.15, -0.1) is 0 Å². The summed E-state index contributed by atoms with van der Waals surface area (Å²) in [5, 5.41) is 3.06. The molecule has 0 spiro atoms. The van der Waals surface area contributed by atoms with Crippen LogP contribution in [-0.2, 0) is 4.74 Å². The van der Waals surface area contributed by atoms with Crippen molar-refractivity contribution in [2.45, 2.75) is 13.0 Å². The minimum atomic E-state index is 0.208. The van der Waals surface area contributed by atoms with Gasteiger partial charge in [0.15, 0.2) is 0 Å². The molecule has 1 unspecified atom stereocenters. The highest BCUT2D eigenvalue weighted by molar-refractivity contribution is 5.31. The van der Waals surface area contributed by atoms with Crippen LogP contribution in [-0.4, -0.2) is 40.0 Å². The molecule has 0 amide bonds. The maximum absolute atomic E-state index is 5.54. The van der Waals surface area contributed by atoms with Gasteiger partial charge in [0.05, 0.1) is 19.8 Å². The van der Waals surface area contributed by atoms with Crippen LogP contribution in [0.5, 0.6) is 11.5 Å². The normalized spacial score (nSPS) is 12.2. The van der Waals surface area contributed by atoms with Crippen LogP contribution >= 0.6 is 0 Å². The molecule has 0 aliphatic heterocycles. The van der Waals surface area contributed by atoms with Gasteiger partial charge in [-0.25, -0.2) is 0 Å². The van der Waals surface area contributed by atoms with E-state index in [-0.39, 0.29) is 6.10 Å². The summed E-state index contributed by atoms with van der Waals surface area (Å²) in [4.78, 5) is 0. The Kier molecular flexibility index (Phi) is 6.43. The lowest BCUT2D eigenvalue weighted by Gasteiger charge is -2.13. The molecule has 4 heteroatoms. The van der Waals surface area contributed by atoms with E-state index in [1.54, 1.807) is 7.11 Å². The molecule has 0 fully saturated rings. The first kappa shape index (κ1) is 13.8. The minimum absolute atomic E-state index is 0.208. The summed E-state index contributed by atoms with van der Waals surface area (Å²) in [7, 11) is 3.56. The molecule has 0 bridgehead atoms. The Morgan fingerprint density at radius 2 is 1.76 bits per heavy atom. The van der Waals surface area contributed by atoms with Crippen molar-refractivity contribution in [2.75, 3.05) is 33.9 Å². The monoisotopic (exact) mass is 239 g/mol. The van der Waals surface area contributed by atoms with E-state index in [4.69, 9.17) is 14.2 Å². The Bertz CT molecular complexity index is 300. The molecule has 0 radical (unpaired) electrons. The molecule has 96 valence electrons. The lowest BCUT2D eigenvalue weighted by atomic mass is 10.3. The summed E-state index contributed by atoms with van der Waals surface area (Å²) in [5.74, 6) is 1.66. The lowest BCUT2D eigenvalue weighted by Crippen LogP contribution is -2.25. The molecule has 0 aliphatic carbocycles. The van der Waals surface area contributed by atoms with Crippen LogP contribution in [0.1, 0.15) is 6.92 Å². The Balaban J connectivity index is 2.17. The third kappa shape index (κ3) is 5.56. The Morgan fingerprint density at radius 3 is 2.35 bits per heavy atom. The first-order valence-corrected chi connectivity index (χ1v) is 5.79. The zero-order chi connectivity index (χ0) is 12.5. The molecule has 0 aliphatic rings. The van der Waals surface area contributed by atoms with Crippen molar-refractivity contribution in [3.05, 3.63) is 24.3 Å². The van der Waals surface area contributed by atoms with E-state index in [0.717, 1.165) is 18.0 Å². The molecule has 0 heterocycles. The van der Waals surface area contributed by atoms with Gasteiger partial charge >= 0.3 is 0 Å². The average Bonchev–Trinajstić information content (AvgIpc) is 2.36. The summed E-state index contributed by atoms with van der Waals surface area (Å²) in [5.41, 5.74) is 0. The van der Waals surface area contributed by atoms with Gasteiger partial charge in [-0.3, -0.25) is 0 Å². The maximum atomic E-state index is 5.54. The topological polar surface area (TPSA) is 39.7 Å². The summed E-state index contributed by atoms with van der Waals surface area (Å²) in [6, 6.07) is 7.52. The van der Waals surface area contributed by atoms with Crippen molar-refractivity contribution in [1.82, 2.24) is 5.32 Å². The van der Waals surface area contributed by atoms with Crippen LogP contribution in [0.2, 0.25) is 0 Å². The van der Waals surface area contributed by atoms with E-state index < -0.39 is 0 Å². The second kappa shape index (κ2) is 7.92. The molecular weight excluding hydrogens is 218 g/mol. The van der Waals surface area contributed by atoms with Gasteiger partial charge in [0.2, 0.25) is 0 Å². The minimum Gasteiger partial charge on any atom is -0.497 e. The third-order valence-corrected chi connectivity index (χ3v) is 2.31.